The number of hydrogen-bond donors (Lipinski definition) is 1. The Morgan fingerprint density at radius 3 is 2.77 bits per heavy atom. The zero-order valence-corrected chi connectivity index (χ0v) is 8.09. The summed E-state index contributed by atoms with van der Waals surface area (Å²) in [4.78, 5) is 4.24. The highest BCUT2D eigenvalue weighted by Gasteiger charge is 2.19. The quantitative estimate of drug-likeness (QED) is 0.603. The molecule has 0 amide bonds. The van der Waals surface area contributed by atoms with Crippen LogP contribution >= 0.6 is 0 Å². The van der Waals surface area contributed by atoms with Crippen molar-refractivity contribution >= 4 is 6.21 Å². The monoisotopic (exact) mass is 176 g/mol. The highest BCUT2D eigenvalue weighted by atomic mass is 14.8. The van der Waals surface area contributed by atoms with E-state index in [2.05, 4.69) is 11.1 Å². The average Bonchev–Trinajstić information content (AvgIpc) is 2.21. The highest BCUT2D eigenvalue weighted by molar-refractivity contribution is 5.74. The zero-order chi connectivity index (χ0) is 9.31. The van der Waals surface area contributed by atoms with Crippen LogP contribution in [0.3, 0.4) is 0 Å². The number of allylic oxidation sites excluding steroid dienone is 2. The largest absolute Gasteiger partial charge is 0.318 e. The smallest absolute Gasteiger partial charge is 0.0676 e. The van der Waals surface area contributed by atoms with E-state index in [-0.39, 0.29) is 5.54 Å². The van der Waals surface area contributed by atoms with Crippen LogP contribution in [0.5, 0.6) is 0 Å². The standard InChI is InChI=1S/C11H16N2/c1-11(12)6-9-4-2-3-5-10(9)7-13-8-11/h6-8H,2-5,12H2,1H3. The maximum absolute atomic E-state index is 6.03. The SMILES string of the molecule is CC1(N)C=NC=C2CCCCC2=C1. The number of hydrogen-bond acceptors (Lipinski definition) is 2. The van der Waals surface area contributed by atoms with Crippen LogP contribution in [-0.2, 0) is 0 Å². The van der Waals surface area contributed by atoms with Crippen LogP contribution in [0, 0.1) is 0 Å². The second-order valence-corrected chi connectivity index (χ2v) is 4.18. The molecular formula is C11H16N2. The van der Waals surface area contributed by atoms with E-state index in [0.717, 1.165) is 0 Å². The fourth-order valence-corrected chi connectivity index (χ4v) is 1.96. The van der Waals surface area contributed by atoms with Crippen molar-refractivity contribution in [3.63, 3.8) is 0 Å². The van der Waals surface area contributed by atoms with E-state index in [1.54, 1.807) is 0 Å². The fourth-order valence-electron chi connectivity index (χ4n) is 1.96. The number of fused-ring (bicyclic) bond motifs is 1. The van der Waals surface area contributed by atoms with Crippen molar-refractivity contribution in [3.8, 4) is 0 Å². The second-order valence-electron chi connectivity index (χ2n) is 4.18. The average molecular weight is 176 g/mol. The van der Waals surface area contributed by atoms with Crippen LogP contribution in [-0.4, -0.2) is 11.8 Å². The maximum atomic E-state index is 6.03. The van der Waals surface area contributed by atoms with E-state index in [1.807, 2.05) is 19.3 Å². The van der Waals surface area contributed by atoms with Crippen LogP contribution in [0.25, 0.3) is 0 Å². The molecule has 1 atom stereocenters. The topological polar surface area (TPSA) is 38.4 Å². The first-order valence-electron chi connectivity index (χ1n) is 4.92. The number of nitrogens with two attached hydrogens (primary N) is 1. The lowest BCUT2D eigenvalue weighted by atomic mass is 9.87. The molecule has 0 bridgehead atoms. The third-order valence-electron chi connectivity index (χ3n) is 2.62. The molecule has 0 aromatic rings. The molecule has 2 heteroatoms. The normalized spacial score (nSPS) is 33.1. The van der Waals surface area contributed by atoms with Gasteiger partial charge in [-0.05, 0) is 43.8 Å². The Morgan fingerprint density at radius 2 is 2.00 bits per heavy atom. The molecule has 2 rings (SSSR count). The molecule has 70 valence electrons. The number of nitrogens with zero attached hydrogens (tertiary/aromatic N) is 1. The third-order valence-corrected chi connectivity index (χ3v) is 2.62. The molecule has 0 spiro atoms. The van der Waals surface area contributed by atoms with Gasteiger partial charge in [0.2, 0.25) is 0 Å². The Balaban J connectivity index is 2.34. The first kappa shape index (κ1) is 8.70. The molecule has 1 fully saturated rings. The minimum absolute atomic E-state index is 0.356. The summed E-state index contributed by atoms with van der Waals surface area (Å²) in [6.07, 6.45) is 10.9. The molecule has 0 aromatic carbocycles. The summed E-state index contributed by atoms with van der Waals surface area (Å²) < 4.78 is 0. The Hall–Kier alpha value is -0.890. The maximum Gasteiger partial charge on any atom is 0.0676 e. The molecule has 1 unspecified atom stereocenters. The minimum Gasteiger partial charge on any atom is -0.318 e. The van der Waals surface area contributed by atoms with Gasteiger partial charge >= 0.3 is 0 Å². The summed E-state index contributed by atoms with van der Waals surface area (Å²) in [5.74, 6) is 0. The summed E-state index contributed by atoms with van der Waals surface area (Å²) in [5, 5.41) is 0. The van der Waals surface area contributed by atoms with E-state index in [4.69, 9.17) is 5.73 Å². The molecule has 2 nitrogen and oxygen atoms in total. The lowest BCUT2D eigenvalue weighted by molar-refractivity contribution is 0.668. The Morgan fingerprint density at radius 1 is 1.31 bits per heavy atom. The van der Waals surface area contributed by atoms with Crippen LogP contribution in [0.15, 0.2) is 28.4 Å². The van der Waals surface area contributed by atoms with Crippen LogP contribution in [0.4, 0.5) is 0 Å². The summed E-state index contributed by atoms with van der Waals surface area (Å²) in [6, 6.07) is 0. The van der Waals surface area contributed by atoms with Gasteiger partial charge < -0.3 is 5.73 Å². The third kappa shape index (κ3) is 1.89. The summed E-state index contributed by atoms with van der Waals surface area (Å²) in [6.45, 7) is 1.99. The predicted molar refractivity (Wildman–Crippen MR) is 55.7 cm³/mol. The molecule has 1 saturated carbocycles. The van der Waals surface area contributed by atoms with Gasteiger partial charge in [-0.1, -0.05) is 6.08 Å². The second kappa shape index (κ2) is 3.11. The minimum atomic E-state index is -0.356. The Kier molecular flexibility index (Phi) is 2.08. The molecule has 0 aromatic heterocycles. The molecule has 2 N–H and O–H groups in total. The predicted octanol–water partition coefficient (Wildman–Crippen LogP) is 2.17. The molecule has 1 aliphatic carbocycles. The van der Waals surface area contributed by atoms with Crippen molar-refractivity contribution in [1.29, 1.82) is 0 Å². The Bertz CT molecular complexity index is 295. The van der Waals surface area contributed by atoms with E-state index in [1.165, 1.54) is 36.8 Å². The van der Waals surface area contributed by atoms with Gasteiger partial charge in [-0.25, -0.2) is 0 Å². The first-order chi connectivity index (χ1) is 6.17. The van der Waals surface area contributed by atoms with Gasteiger partial charge in [-0.15, -0.1) is 0 Å². The van der Waals surface area contributed by atoms with E-state index >= 15 is 0 Å². The number of aliphatic imine (C=N–C) groups is 1. The van der Waals surface area contributed by atoms with Crippen molar-refractivity contribution in [1.82, 2.24) is 0 Å². The lowest BCUT2D eigenvalue weighted by Gasteiger charge is -2.20. The van der Waals surface area contributed by atoms with E-state index < -0.39 is 0 Å². The number of rotatable bonds is 0. The van der Waals surface area contributed by atoms with E-state index in [0.29, 0.717) is 0 Å². The highest BCUT2D eigenvalue weighted by Crippen LogP contribution is 2.30. The van der Waals surface area contributed by atoms with Gasteiger partial charge in [0.1, 0.15) is 0 Å². The fraction of sp³-hybridized carbons (Fsp3) is 0.545. The van der Waals surface area contributed by atoms with Gasteiger partial charge in [0.05, 0.1) is 5.54 Å². The van der Waals surface area contributed by atoms with Gasteiger partial charge in [-0.2, -0.15) is 0 Å². The van der Waals surface area contributed by atoms with Crippen molar-refractivity contribution in [2.24, 2.45) is 10.7 Å². The van der Waals surface area contributed by atoms with Gasteiger partial charge in [-0.3, -0.25) is 4.99 Å². The van der Waals surface area contributed by atoms with Crippen molar-refractivity contribution in [2.45, 2.75) is 38.1 Å². The first-order valence-corrected chi connectivity index (χ1v) is 4.92. The van der Waals surface area contributed by atoms with Crippen molar-refractivity contribution in [3.05, 3.63) is 23.4 Å². The van der Waals surface area contributed by atoms with E-state index in [9.17, 15) is 0 Å². The zero-order valence-electron chi connectivity index (χ0n) is 8.09. The van der Waals surface area contributed by atoms with Crippen LogP contribution in [0.1, 0.15) is 32.6 Å². The van der Waals surface area contributed by atoms with Crippen molar-refractivity contribution in [2.75, 3.05) is 0 Å². The molecule has 2 aliphatic rings. The summed E-state index contributed by atoms with van der Waals surface area (Å²) in [5.41, 5.74) is 8.47. The molecule has 0 radical (unpaired) electrons. The molecule has 1 heterocycles. The summed E-state index contributed by atoms with van der Waals surface area (Å²) in [7, 11) is 0. The molecule has 1 aliphatic heterocycles. The van der Waals surface area contributed by atoms with Gasteiger partial charge in [0.25, 0.3) is 0 Å². The molecule has 13 heavy (non-hydrogen) atoms. The van der Waals surface area contributed by atoms with Gasteiger partial charge in [0, 0.05) is 12.4 Å². The van der Waals surface area contributed by atoms with Crippen LogP contribution in [0.2, 0.25) is 0 Å². The molecule has 0 saturated heterocycles. The molecular weight excluding hydrogens is 160 g/mol. The van der Waals surface area contributed by atoms with Gasteiger partial charge in [0.15, 0.2) is 0 Å². The Labute approximate surface area is 79.2 Å². The van der Waals surface area contributed by atoms with Crippen LogP contribution < -0.4 is 5.73 Å². The lowest BCUT2D eigenvalue weighted by Crippen LogP contribution is -2.35. The van der Waals surface area contributed by atoms with Crippen molar-refractivity contribution < 1.29 is 0 Å². The summed E-state index contributed by atoms with van der Waals surface area (Å²) >= 11 is 0.